The van der Waals surface area contributed by atoms with Crippen molar-refractivity contribution >= 4 is 11.9 Å². The number of carbonyl (C=O) groups is 1. The number of carbonyl (C=O) groups excluding carboxylic acids is 1. The maximum absolute atomic E-state index is 11.6. The van der Waals surface area contributed by atoms with Gasteiger partial charge in [-0.25, -0.2) is 4.99 Å². The number of rotatable bonds is 10. The van der Waals surface area contributed by atoms with Gasteiger partial charge in [-0.1, -0.05) is 18.6 Å². The molecule has 1 amide bonds. The summed E-state index contributed by atoms with van der Waals surface area (Å²) in [5.74, 6) is 0.737. The van der Waals surface area contributed by atoms with E-state index < -0.39 is 0 Å². The number of likely N-dealkylation sites (N-methyl/N-ethyl adjacent to an activating group) is 1. The highest BCUT2D eigenvalue weighted by atomic mass is 16.2. The molecule has 0 heterocycles. The molecular formula is C16H30N4O. The third-order valence-corrected chi connectivity index (χ3v) is 3.03. The number of guanidine groups is 1. The number of unbranched alkanes of at least 4 members (excludes halogenated alkanes) is 3. The van der Waals surface area contributed by atoms with Crippen LogP contribution in [0, 0.1) is 0 Å². The van der Waals surface area contributed by atoms with Crippen molar-refractivity contribution in [3.8, 4) is 0 Å². The molecule has 0 aromatic heterocycles. The van der Waals surface area contributed by atoms with E-state index >= 15 is 0 Å². The van der Waals surface area contributed by atoms with Gasteiger partial charge in [-0.2, -0.15) is 0 Å². The molecule has 0 aromatic rings. The van der Waals surface area contributed by atoms with Crippen LogP contribution in [0.1, 0.15) is 25.7 Å². The highest BCUT2D eigenvalue weighted by Gasteiger charge is 2.08. The zero-order valence-electron chi connectivity index (χ0n) is 13.8. The van der Waals surface area contributed by atoms with Crippen LogP contribution in [0.15, 0.2) is 30.3 Å². The summed E-state index contributed by atoms with van der Waals surface area (Å²) in [7, 11) is 5.46. The second-order valence-electron chi connectivity index (χ2n) is 5.16. The minimum Gasteiger partial charge on any atom is -0.353 e. The maximum Gasteiger partial charge on any atom is 0.243 e. The lowest BCUT2D eigenvalue weighted by molar-refractivity contribution is -0.127. The zero-order chi connectivity index (χ0) is 16.1. The second-order valence-corrected chi connectivity index (χ2v) is 5.16. The van der Waals surface area contributed by atoms with Crippen molar-refractivity contribution in [2.45, 2.75) is 25.7 Å². The lowest BCUT2D eigenvalue weighted by Gasteiger charge is -2.22. The molecule has 0 aliphatic carbocycles. The molecule has 0 aromatic carbocycles. The molecule has 0 rings (SSSR count). The molecule has 0 fully saturated rings. The molecule has 0 saturated heterocycles. The molecule has 120 valence electrons. The molecule has 0 unspecified atom stereocenters. The Morgan fingerprint density at radius 1 is 1.14 bits per heavy atom. The van der Waals surface area contributed by atoms with E-state index in [1.807, 2.05) is 13.1 Å². The topological polar surface area (TPSA) is 47.9 Å². The number of hydrogen-bond acceptors (Lipinski definition) is 2. The van der Waals surface area contributed by atoms with Crippen molar-refractivity contribution in [3.05, 3.63) is 25.3 Å². The number of allylic oxidation sites excluding steroid dienone is 1. The van der Waals surface area contributed by atoms with Gasteiger partial charge in [-0.05, 0) is 19.3 Å². The molecule has 0 atom stereocenters. The van der Waals surface area contributed by atoms with Crippen molar-refractivity contribution in [2.24, 2.45) is 4.99 Å². The van der Waals surface area contributed by atoms with Crippen LogP contribution in [-0.4, -0.2) is 62.4 Å². The summed E-state index contributed by atoms with van der Waals surface area (Å²) in [5, 5.41) is 3.19. The van der Waals surface area contributed by atoms with E-state index in [0.717, 1.165) is 25.3 Å². The predicted octanol–water partition coefficient (Wildman–Crippen LogP) is 1.88. The second kappa shape index (κ2) is 12.0. The minimum absolute atomic E-state index is 0.00714. The molecule has 0 saturated carbocycles. The summed E-state index contributed by atoms with van der Waals surface area (Å²) in [6.07, 6.45) is 8.23. The lowest BCUT2D eigenvalue weighted by atomic mass is 10.2. The van der Waals surface area contributed by atoms with Crippen LogP contribution < -0.4 is 5.32 Å². The van der Waals surface area contributed by atoms with Gasteiger partial charge >= 0.3 is 0 Å². The van der Waals surface area contributed by atoms with Gasteiger partial charge in [0.15, 0.2) is 5.96 Å². The Hall–Kier alpha value is -1.78. The highest BCUT2D eigenvalue weighted by Crippen LogP contribution is 2.01. The SMILES string of the molecule is C=CCCCCCN(C)C(=NCC(=O)N(C)C)NCC=C. The first-order valence-electron chi connectivity index (χ1n) is 7.44. The maximum atomic E-state index is 11.6. The van der Waals surface area contributed by atoms with Crippen molar-refractivity contribution in [1.29, 1.82) is 0 Å². The quantitative estimate of drug-likeness (QED) is 0.290. The summed E-state index contributed by atoms with van der Waals surface area (Å²) in [6, 6.07) is 0. The number of amides is 1. The van der Waals surface area contributed by atoms with Gasteiger partial charge in [-0.3, -0.25) is 4.79 Å². The molecule has 5 nitrogen and oxygen atoms in total. The lowest BCUT2D eigenvalue weighted by Crippen LogP contribution is -2.40. The molecule has 0 aliphatic heterocycles. The first kappa shape index (κ1) is 19.2. The molecule has 0 radical (unpaired) electrons. The number of aliphatic imine (C=N–C) groups is 1. The molecule has 0 spiro atoms. The smallest absolute Gasteiger partial charge is 0.243 e. The zero-order valence-corrected chi connectivity index (χ0v) is 13.8. The molecule has 0 aliphatic rings. The standard InChI is InChI=1S/C16H30N4O/c1-6-8-9-10-11-13-20(5)16(17-12-7-2)18-14-15(21)19(3)4/h6-7H,1-2,8-14H2,3-5H3,(H,17,18). The predicted molar refractivity (Wildman–Crippen MR) is 90.5 cm³/mol. The Kier molecular flexibility index (Phi) is 11.0. The normalized spacial score (nSPS) is 10.9. The molecular weight excluding hydrogens is 264 g/mol. The molecule has 1 N–H and O–H groups in total. The highest BCUT2D eigenvalue weighted by molar-refractivity contribution is 5.84. The molecule has 0 bridgehead atoms. The Morgan fingerprint density at radius 3 is 2.43 bits per heavy atom. The Balaban J connectivity index is 4.36. The first-order valence-corrected chi connectivity index (χ1v) is 7.44. The van der Waals surface area contributed by atoms with E-state index in [1.165, 1.54) is 12.8 Å². The summed E-state index contributed by atoms with van der Waals surface area (Å²) in [5.41, 5.74) is 0. The van der Waals surface area contributed by atoms with E-state index in [2.05, 4.69) is 28.4 Å². The van der Waals surface area contributed by atoms with E-state index in [-0.39, 0.29) is 12.5 Å². The summed E-state index contributed by atoms with van der Waals surface area (Å²) in [4.78, 5) is 19.6. The first-order chi connectivity index (χ1) is 10.0. The van der Waals surface area contributed by atoms with Crippen LogP contribution >= 0.6 is 0 Å². The summed E-state index contributed by atoms with van der Waals surface area (Å²) >= 11 is 0. The fourth-order valence-electron chi connectivity index (χ4n) is 1.68. The van der Waals surface area contributed by atoms with Gasteiger partial charge in [0, 0.05) is 34.2 Å². The van der Waals surface area contributed by atoms with Crippen molar-refractivity contribution < 1.29 is 4.79 Å². The Bertz CT molecular complexity index is 350. The van der Waals surface area contributed by atoms with Gasteiger partial charge < -0.3 is 15.1 Å². The van der Waals surface area contributed by atoms with Crippen LogP contribution in [0.2, 0.25) is 0 Å². The third-order valence-electron chi connectivity index (χ3n) is 3.03. The van der Waals surface area contributed by atoms with Crippen LogP contribution in [0.25, 0.3) is 0 Å². The Labute approximate surface area is 129 Å². The van der Waals surface area contributed by atoms with Crippen LogP contribution in [0.5, 0.6) is 0 Å². The number of nitrogens with one attached hydrogen (secondary N) is 1. The summed E-state index contributed by atoms with van der Waals surface area (Å²) in [6.45, 7) is 9.12. The van der Waals surface area contributed by atoms with E-state index in [9.17, 15) is 4.79 Å². The largest absolute Gasteiger partial charge is 0.353 e. The minimum atomic E-state index is -0.00714. The average Bonchev–Trinajstić information content (AvgIpc) is 2.46. The van der Waals surface area contributed by atoms with E-state index in [0.29, 0.717) is 6.54 Å². The van der Waals surface area contributed by atoms with E-state index in [1.54, 1.807) is 25.1 Å². The van der Waals surface area contributed by atoms with Gasteiger partial charge in [-0.15, -0.1) is 13.2 Å². The van der Waals surface area contributed by atoms with E-state index in [4.69, 9.17) is 0 Å². The number of hydrogen-bond donors (Lipinski definition) is 1. The van der Waals surface area contributed by atoms with Crippen LogP contribution in [-0.2, 0) is 4.79 Å². The van der Waals surface area contributed by atoms with Crippen LogP contribution in [0.3, 0.4) is 0 Å². The monoisotopic (exact) mass is 294 g/mol. The Morgan fingerprint density at radius 2 is 1.86 bits per heavy atom. The fourth-order valence-corrected chi connectivity index (χ4v) is 1.68. The average molecular weight is 294 g/mol. The fraction of sp³-hybridized carbons (Fsp3) is 0.625. The van der Waals surface area contributed by atoms with Crippen LogP contribution in [0.4, 0.5) is 0 Å². The third kappa shape index (κ3) is 9.71. The van der Waals surface area contributed by atoms with Crippen molar-refractivity contribution in [1.82, 2.24) is 15.1 Å². The van der Waals surface area contributed by atoms with Gasteiger partial charge in [0.25, 0.3) is 0 Å². The van der Waals surface area contributed by atoms with Gasteiger partial charge in [0.1, 0.15) is 6.54 Å². The molecule has 21 heavy (non-hydrogen) atoms. The summed E-state index contributed by atoms with van der Waals surface area (Å²) < 4.78 is 0. The number of nitrogens with zero attached hydrogens (tertiary/aromatic N) is 3. The van der Waals surface area contributed by atoms with Gasteiger partial charge in [0.2, 0.25) is 5.91 Å². The van der Waals surface area contributed by atoms with Crippen molar-refractivity contribution in [2.75, 3.05) is 40.8 Å². The van der Waals surface area contributed by atoms with Gasteiger partial charge in [0.05, 0.1) is 0 Å². The molecule has 5 heteroatoms. The van der Waals surface area contributed by atoms with Crippen molar-refractivity contribution in [3.63, 3.8) is 0 Å².